The Kier molecular flexibility index (Phi) is 4.50. The van der Waals surface area contributed by atoms with Gasteiger partial charge in [0.2, 0.25) is 5.78 Å². The first-order valence-electron chi connectivity index (χ1n) is 6.56. The number of carboxylic acids is 1. The summed E-state index contributed by atoms with van der Waals surface area (Å²) in [7, 11) is 0. The number of Topliss-reactive ketones (excluding diaryl/α,β-unsaturated/α-hetero) is 1. The molecule has 0 radical (unpaired) electrons. The molecule has 0 bridgehead atoms. The monoisotopic (exact) mass is 290 g/mol. The molecule has 0 fully saturated rings. The molecule has 0 aliphatic carbocycles. The zero-order valence-electron chi connectivity index (χ0n) is 11.9. The van der Waals surface area contributed by atoms with Gasteiger partial charge in [0.1, 0.15) is 11.6 Å². The first-order valence-corrected chi connectivity index (χ1v) is 6.56. The van der Waals surface area contributed by atoms with Crippen molar-refractivity contribution in [2.45, 2.75) is 6.92 Å². The van der Waals surface area contributed by atoms with E-state index in [2.05, 4.69) is 0 Å². The van der Waals surface area contributed by atoms with E-state index in [9.17, 15) is 20.0 Å². The molecule has 4 heteroatoms. The van der Waals surface area contributed by atoms with E-state index >= 15 is 0 Å². The Morgan fingerprint density at radius 2 is 1.73 bits per heavy atom. The van der Waals surface area contributed by atoms with E-state index < -0.39 is 5.97 Å². The number of hydrogen-bond acceptors (Lipinski definition) is 4. The second-order valence-electron chi connectivity index (χ2n) is 4.72. The van der Waals surface area contributed by atoms with Gasteiger partial charge in [0.25, 0.3) is 0 Å². The van der Waals surface area contributed by atoms with Crippen LogP contribution in [0.15, 0.2) is 54.1 Å². The van der Waals surface area contributed by atoms with Gasteiger partial charge in [-0.15, -0.1) is 0 Å². The Morgan fingerprint density at radius 1 is 1.09 bits per heavy atom. The van der Waals surface area contributed by atoms with Gasteiger partial charge in [-0.2, -0.15) is 5.26 Å². The number of benzene rings is 2. The van der Waals surface area contributed by atoms with Crippen molar-refractivity contribution in [1.29, 1.82) is 5.26 Å². The predicted molar refractivity (Wildman–Crippen MR) is 79.9 cm³/mol. The lowest BCUT2D eigenvalue weighted by Crippen LogP contribution is -2.21. The third kappa shape index (κ3) is 3.28. The van der Waals surface area contributed by atoms with Gasteiger partial charge in [0.05, 0.1) is 5.97 Å². The molecule has 2 rings (SSSR count). The van der Waals surface area contributed by atoms with Crippen molar-refractivity contribution >= 4 is 17.8 Å². The van der Waals surface area contributed by atoms with Gasteiger partial charge in [-0.3, -0.25) is 4.79 Å². The highest BCUT2D eigenvalue weighted by atomic mass is 16.4. The van der Waals surface area contributed by atoms with Crippen molar-refractivity contribution < 1.29 is 14.7 Å². The number of ketones is 1. The normalized spacial score (nSPS) is 10.8. The Labute approximate surface area is 127 Å². The fraction of sp³-hybridized carbons (Fsp3) is 0.0556. The van der Waals surface area contributed by atoms with Crippen molar-refractivity contribution in [3.05, 3.63) is 76.4 Å². The largest absolute Gasteiger partial charge is 0.545 e. The molecule has 22 heavy (non-hydrogen) atoms. The molecule has 0 aromatic heterocycles. The fourth-order valence-electron chi connectivity index (χ4n) is 2.00. The van der Waals surface area contributed by atoms with Crippen LogP contribution in [-0.2, 0) is 0 Å². The van der Waals surface area contributed by atoms with Gasteiger partial charge < -0.3 is 9.90 Å². The first-order chi connectivity index (χ1) is 10.5. The fourth-order valence-corrected chi connectivity index (χ4v) is 2.00. The van der Waals surface area contributed by atoms with Crippen LogP contribution in [0, 0.1) is 18.3 Å². The summed E-state index contributed by atoms with van der Waals surface area (Å²) in [5.74, 6) is -1.63. The number of carbonyl (C=O) groups excluding carboxylic acids is 2. The topological polar surface area (TPSA) is 81.0 Å². The van der Waals surface area contributed by atoms with Crippen molar-refractivity contribution in [1.82, 2.24) is 0 Å². The van der Waals surface area contributed by atoms with E-state index in [1.54, 1.807) is 25.1 Å². The summed E-state index contributed by atoms with van der Waals surface area (Å²) in [5, 5.41) is 19.9. The highest BCUT2D eigenvalue weighted by Crippen LogP contribution is 2.16. The maximum Gasteiger partial charge on any atom is 0.203 e. The maximum absolute atomic E-state index is 12.4. The minimum absolute atomic E-state index is 0.00417. The van der Waals surface area contributed by atoms with Gasteiger partial charge >= 0.3 is 0 Å². The molecule has 0 aliphatic heterocycles. The van der Waals surface area contributed by atoms with Crippen LogP contribution < -0.4 is 5.11 Å². The number of hydrogen-bond donors (Lipinski definition) is 0. The Bertz CT molecular complexity index is 796. The summed E-state index contributed by atoms with van der Waals surface area (Å²) in [4.78, 5) is 23.1. The van der Waals surface area contributed by atoms with Gasteiger partial charge in [-0.25, -0.2) is 0 Å². The smallest absolute Gasteiger partial charge is 0.203 e. The van der Waals surface area contributed by atoms with Crippen LogP contribution in [0.5, 0.6) is 0 Å². The molecule has 4 nitrogen and oxygen atoms in total. The number of carbonyl (C=O) groups is 2. The molecule has 2 aromatic rings. The highest BCUT2D eigenvalue weighted by molar-refractivity contribution is 6.14. The Hall–Kier alpha value is -3.19. The second kappa shape index (κ2) is 6.51. The zero-order chi connectivity index (χ0) is 16.1. The molecule has 0 spiro atoms. The average Bonchev–Trinajstić information content (AvgIpc) is 2.53. The summed E-state index contributed by atoms with van der Waals surface area (Å²) in [5.41, 5.74) is 1.88. The van der Waals surface area contributed by atoms with E-state index in [-0.39, 0.29) is 16.9 Å². The number of aromatic carboxylic acids is 1. The summed E-state index contributed by atoms with van der Waals surface area (Å²) >= 11 is 0. The van der Waals surface area contributed by atoms with Crippen LogP contribution in [-0.4, -0.2) is 11.8 Å². The first kappa shape index (κ1) is 15.2. The summed E-state index contributed by atoms with van der Waals surface area (Å²) in [6, 6.07) is 14.7. The molecule has 0 atom stereocenters. The third-order valence-electron chi connectivity index (χ3n) is 3.21. The standard InChI is InChI=1S/C18H13NO3/c1-12-4-2-3-5-16(12)17(20)15(11-19)10-13-6-8-14(9-7-13)18(21)22/h2-10H,1H3,(H,21,22)/p-1/b15-10+. The van der Waals surface area contributed by atoms with Gasteiger partial charge in [-0.05, 0) is 29.7 Å². The molecule has 0 saturated heterocycles. The number of aryl methyl sites for hydroxylation is 1. The zero-order valence-corrected chi connectivity index (χ0v) is 11.9. The van der Waals surface area contributed by atoms with E-state index in [1.807, 2.05) is 12.1 Å². The van der Waals surface area contributed by atoms with Crippen LogP contribution >= 0.6 is 0 Å². The molecular formula is C18H12NO3-. The van der Waals surface area contributed by atoms with E-state index in [1.165, 1.54) is 30.3 Å². The number of nitriles is 1. The molecule has 0 saturated carbocycles. The molecule has 0 N–H and O–H groups in total. The van der Waals surface area contributed by atoms with Crippen LogP contribution in [0.3, 0.4) is 0 Å². The van der Waals surface area contributed by atoms with Crippen LogP contribution in [0.2, 0.25) is 0 Å². The van der Waals surface area contributed by atoms with Crippen molar-refractivity contribution in [3.8, 4) is 6.07 Å². The molecule has 0 amide bonds. The van der Waals surface area contributed by atoms with Crippen LogP contribution in [0.4, 0.5) is 0 Å². The minimum atomic E-state index is -1.27. The molecule has 2 aromatic carbocycles. The summed E-state index contributed by atoms with van der Waals surface area (Å²) < 4.78 is 0. The Morgan fingerprint density at radius 3 is 2.27 bits per heavy atom. The Balaban J connectivity index is 2.36. The second-order valence-corrected chi connectivity index (χ2v) is 4.72. The highest BCUT2D eigenvalue weighted by Gasteiger charge is 2.13. The van der Waals surface area contributed by atoms with Gasteiger partial charge in [0.15, 0.2) is 0 Å². The number of allylic oxidation sites excluding steroid dienone is 1. The van der Waals surface area contributed by atoms with E-state index in [0.717, 1.165) is 5.56 Å². The van der Waals surface area contributed by atoms with Gasteiger partial charge in [-0.1, -0.05) is 48.5 Å². The maximum atomic E-state index is 12.4. The van der Waals surface area contributed by atoms with Crippen molar-refractivity contribution in [2.24, 2.45) is 0 Å². The van der Waals surface area contributed by atoms with Crippen LogP contribution in [0.25, 0.3) is 6.08 Å². The molecule has 108 valence electrons. The minimum Gasteiger partial charge on any atom is -0.545 e. The van der Waals surface area contributed by atoms with Gasteiger partial charge in [0, 0.05) is 5.56 Å². The van der Waals surface area contributed by atoms with E-state index in [0.29, 0.717) is 11.1 Å². The third-order valence-corrected chi connectivity index (χ3v) is 3.21. The lowest BCUT2D eigenvalue weighted by molar-refractivity contribution is -0.255. The molecule has 0 heterocycles. The summed E-state index contributed by atoms with van der Waals surface area (Å²) in [6.07, 6.45) is 1.44. The molecular weight excluding hydrogens is 278 g/mol. The number of nitrogens with zero attached hydrogens (tertiary/aromatic N) is 1. The van der Waals surface area contributed by atoms with Crippen molar-refractivity contribution in [3.63, 3.8) is 0 Å². The summed E-state index contributed by atoms with van der Waals surface area (Å²) in [6.45, 7) is 1.80. The van der Waals surface area contributed by atoms with Crippen LogP contribution in [0.1, 0.15) is 31.8 Å². The average molecular weight is 290 g/mol. The molecule has 0 aliphatic rings. The number of carboxylic acid groups (broad SMARTS) is 1. The molecule has 0 unspecified atom stereocenters. The van der Waals surface area contributed by atoms with E-state index in [4.69, 9.17) is 0 Å². The van der Waals surface area contributed by atoms with Crippen molar-refractivity contribution in [2.75, 3.05) is 0 Å². The predicted octanol–water partition coefficient (Wildman–Crippen LogP) is 2.15. The lowest BCUT2D eigenvalue weighted by Gasteiger charge is -2.04. The lowest BCUT2D eigenvalue weighted by atomic mass is 9.98. The quantitative estimate of drug-likeness (QED) is 0.491. The SMILES string of the molecule is Cc1ccccc1C(=O)/C(C#N)=C/c1ccc(C(=O)[O-])cc1. The number of rotatable bonds is 4.